The molecule has 0 aliphatic carbocycles. The molecule has 0 saturated heterocycles. The van der Waals surface area contributed by atoms with Crippen molar-refractivity contribution in [1.29, 1.82) is 0 Å². The smallest absolute Gasteiger partial charge is 0.256 e. The molecule has 110 valence electrons. The SMILES string of the molecule is CNc1ccc(Cl)cc1C(=O)N(C)Cc1ccc(Cl)cc1. The van der Waals surface area contributed by atoms with Crippen molar-refractivity contribution in [2.24, 2.45) is 0 Å². The second kappa shape index (κ2) is 6.83. The lowest BCUT2D eigenvalue weighted by Gasteiger charge is -2.19. The maximum atomic E-state index is 12.5. The molecule has 0 spiro atoms. The summed E-state index contributed by atoms with van der Waals surface area (Å²) in [6.45, 7) is 0.506. The summed E-state index contributed by atoms with van der Waals surface area (Å²) in [7, 11) is 3.54. The van der Waals surface area contributed by atoms with E-state index < -0.39 is 0 Å². The van der Waals surface area contributed by atoms with Crippen molar-refractivity contribution < 1.29 is 4.79 Å². The molecular weight excluding hydrogens is 307 g/mol. The number of halogens is 2. The lowest BCUT2D eigenvalue weighted by Crippen LogP contribution is -2.26. The first-order valence-corrected chi connectivity index (χ1v) is 7.24. The minimum absolute atomic E-state index is 0.0863. The molecule has 0 unspecified atom stereocenters. The Morgan fingerprint density at radius 1 is 1.10 bits per heavy atom. The number of anilines is 1. The quantitative estimate of drug-likeness (QED) is 0.909. The zero-order chi connectivity index (χ0) is 15.4. The minimum Gasteiger partial charge on any atom is -0.387 e. The van der Waals surface area contributed by atoms with Gasteiger partial charge in [0.2, 0.25) is 0 Å². The fraction of sp³-hybridized carbons (Fsp3) is 0.188. The zero-order valence-corrected chi connectivity index (χ0v) is 13.4. The van der Waals surface area contributed by atoms with Crippen LogP contribution in [0.2, 0.25) is 10.0 Å². The molecule has 1 N–H and O–H groups in total. The molecule has 0 fully saturated rings. The third kappa shape index (κ3) is 3.90. The average Bonchev–Trinajstić information content (AvgIpc) is 2.48. The van der Waals surface area contributed by atoms with Gasteiger partial charge >= 0.3 is 0 Å². The van der Waals surface area contributed by atoms with Gasteiger partial charge in [-0.1, -0.05) is 35.3 Å². The van der Waals surface area contributed by atoms with Gasteiger partial charge in [-0.3, -0.25) is 4.79 Å². The summed E-state index contributed by atoms with van der Waals surface area (Å²) in [5.74, 6) is -0.0863. The van der Waals surface area contributed by atoms with Crippen LogP contribution in [-0.4, -0.2) is 24.9 Å². The number of hydrogen-bond donors (Lipinski definition) is 1. The number of nitrogens with zero attached hydrogens (tertiary/aromatic N) is 1. The lowest BCUT2D eigenvalue weighted by atomic mass is 10.1. The Kier molecular flexibility index (Phi) is 5.10. The predicted octanol–water partition coefficient (Wildman–Crippen LogP) is 4.31. The molecule has 0 bridgehead atoms. The molecule has 0 radical (unpaired) electrons. The van der Waals surface area contributed by atoms with Crippen molar-refractivity contribution >= 4 is 34.8 Å². The molecule has 2 aromatic carbocycles. The van der Waals surface area contributed by atoms with Crippen LogP contribution in [0.5, 0.6) is 0 Å². The van der Waals surface area contributed by atoms with Crippen LogP contribution in [0.25, 0.3) is 0 Å². The second-order valence-electron chi connectivity index (χ2n) is 4.73. The molecule has 0 heterocycles. The van der Waals surface area contributed by atoms with Crippen LogP contribution in [-0.2, 0) is 6.54 Å². The molecule has 0 aliphatic rings. The maximum Gasteiger partial charge on any atom is 0.256 e. The minimum atomic E-state index is -0.0863. The fourth-order valence-electron chi connectivity index (χ4n) is 2.05. The van der Waals surface area contributed by atoms with E-state index in [1.165, 1.54) is 0 Å². The number of carbonyl (C=O) groups is 1. The molecule has 5 heteroatoms. The molecule has 0 saturated carbocycles. The summed E-state index contributed by atoms with van der Waals surface area (Å²) in [5, 5.41) is 4.23. The van der Waals surface area contributed by atoms with Crippen LogP contribution in [0.15, 0.2) is 42.5 Å². The molecule has 2 aromatic rings. The van der Waals surface area contributed by atoms with Crippen molar-refractivity contribution in [2.75, 3.05) is 19.4 Å². The van der Waals surface area contributed by atoms with Crippen LogP contribution in [0.4, 0.5) is 5.69 Å². The predicted molar refractivity (Wildman–Crippen MR) is 88.2 cm³/mol. The van der Waals surface area contributed by atoms with Gasteiger partial charge in [0.1, 0.15) is 0 Å². The third-order valence-corrected chi connectivity index (χ3v) is 3.65. The van der Waals surface area contributed by atoms with Gasteiger partial charge in [-0.15, -0.1) is 0 Å². The summed E-state index contributed by atoms with van der Waals surface area (Å²) in [6.07, 6.45) is 0. The van der Waals surface area contributed by atoms with Crippen molar-refractivity contribution in [1.82, 2.24) is 4.90 Å². The standard InChI is InChI=1S/C16H16Cl2N2O/c1-19-15-8-7-13(18)9-14(15)16(21)20(2)10-11-3-5-12(17)6-4-11/h3-9,19H,10H2,1-2H3. The van der Waals surface area contributed by atoms with Crippen LogP contribution in [0, 0.1) is 0 Å². The Morgan fingerprint density at radius 3 is 2.33 bits per heavy atom. The van der Waals surface area contributed by atoms with E-state index in [1.54, 1.807) is 37.2 Å². The molecule has 0 atom stereocenters. The van der Waals surface area contributed by atoms with Crippen LogP contribution >= 0.6 is 23.2 Å². The Bertz CT molecular complexity index is 641. The Balaban J connectivity index is 2.19. The topological polar surface area (TPSA) is 32.3 Å². The van der Waals surface area contributed by atoms with Crippen molar-refractivity contribution in [3.63, 3.8) is 0 Å². The number of rotatable bonds is 4. The molecule has 0 aromatic heterocycles. The highest BCUT2D eigenvalue weighted by Crippen LogP contribution is 2.22. The van der Waals surface area contributed by atoms with Gasteiger partial charge in [-0.2, -0.15) is 0 Å². The first-order valence-electron chi connectivity index (χ1n) is 6.48. The van der Waals surface area contributed by atoms with Gasteiger partial charge < -0.3 is 10.2 Å². The van der Waals surface area contributed by atoms with E-state index >= 15 is 0 Å². The Hall–Kier alpha value is -1.71. The fourth-order valence-corrected chi connectivity index (χ4v) is 2.35. The van der Waals surface area contributed by atoms with Crippen LogP contribution in [0.1, 0.15) is 15.9 Å². The largest absolute Gasteiger partial charge is 0.387 e. The number of nitrogens with one attached hydrogen (secondary N) is 1. The van der Waals surface area contributed by atoms with Crippen LogP contribution < -0.4 is 5.32 Å². The number of benzene rings is 2. The van der Waals surface area contributed by atoms with Gasteiger partial charge in [0.25, 0.3) is 5.91 Å². The molecule has 21 heavy (non-hydrogen) atoms. The summed E-state index contributed by atoms with van der Waals surface area (Å²) in [5.41, 5.74) is 2.33. The van der Waals surface area contributed by atoms with Gasteiger partial charge in [0.05, 0.1) is 5.56 Å². The van der Waals surface area contributed by atoms with E-state index in [0.29, 0.717) is 22.2 Å². The highest BCUT2D eigenvalue weighted by molar-refractivity contribution is 6.31. The number of amides is 1. The lowest BCUT2D eigenvalue weighted by molar-refractivity contribution is 0.0786. The molecule has 3 nitrogen and oxygen atoms in total. The van der Waals surface area contributed by atoms with Crippen molar-refractivity contribution in [3.05, 3.63) is 63.6 Å². The molecule has 1 amide bonds. The number of carbonyl (C=O) groups excluding carboxylic acids is 1. The third-order valence-electron chi connectivity index (χ3n) is 3.16. The van der Waals surface area contributed by atoms with Gasteiger partial charge in [-0.05, 0) is 35.9 Å². The van der Waals surface area contributed by atoms with Crippen LogP contribution in [0.3, 0.4) is 0 Å². The first-order chi connectivity index (χ1) is 10.0. The van der Waals surface area contributed by atoms with Crippen molar-refractivity contribution in [3.8, 4) is 0 Å². The van der Waals surface area contributed by atoms with E-state index in [9.17, 15) is 4.79 Å². The zero-order valence-electron chi connectivity index (χ0n) is 11.9. The van der Waals surface area contributed by atoms with E-state index in [-0.39, 0.29) is 5.91 Å². The van der Waals surface area contributed by atoms with E-state index in [1.807, 2.05) is 24.3 Å². The van der Waals surface area contributed by atoms with Crippen molar-refractivity contribution in [2.45, 2.75) is 6.54 Å². The highest BCUT2D eigenvalue weighted by Gasteiger charge is 2.16. The molecular formula is C16H16Cl2N2O. The highest BCUT2D eigenvalue weighted by atomic mass is 35.5. The Morgan fingerprint density at radius 2 is 1.71 bits per heavy atom. The summed E-state index contributed by atoms with van der Waals surface area (Å²) in [6, 6.07) is 12.7. The monoisotopic (exact) mass is 322 g/mol. The second-order valence-corrected chi connectivity index (χ2v) is 5.60. The van der Waals surface area contributed by atoms with E-state index in [0.717, 1.165) is 11.3 Å². The van der Waals surface area contributed by atoms with E-state index in [2.05, 4.69) is 5.32 Å². The molecule has 0 aliphatic heterocycles. The van der Waals surface area contributed by atoms with Gasteiger partial charge in [0, 0.05) is 36.4 Å². The normalized spacial score (nSPS) is 10.3. The maximum absolute atomic E-state index is 12.5. The Labute approximate surface area is 134 Å². The number of hydrogen-bond acceptors (Lipinski definition) is 2. The molecule has 2 rings (SSSR count). The first kappa shape index (κ1) is 15.7. The van der Waals surface area contributed by atoms with Gasteiger partial charge in [0.15, 0.2) is 0 Å². The average molecular weight is 323 g/mol. The van der Waals surface area contributed by atoms with Gasteiger partial charge in [-0.25, -0.2) is 0 Å². The summed E-state index contributed by atoms with van der Waals surface area (Å²) >= 11 is 11.8. The summed E-state index contributed by atoms with van der Waals surface area (Å²) in [4.78, 5) is 14.2. The van der Waals surface area contributed by atoms with E-state index in [4.69, 9.17) is 23.2 Å². The summed E-state index contributed by atoms with van der Waals surface area (Å²) < 4.78 is 0.